The Bertz CT molecular complexity index is 790. The zero-order chi connectivity index (χ0) is 19.8. The Hall–Kier alpha value is -2.47. The van der Waals surface area contributed by atoms with Crippen molar-refractivity contribution in [2.24, 2.45) is 0 Å². The van der Waals surface area contributed by atoms with Crippen LogP contribution >= 0.6 is 8.60 Å². The van der Waals surface area contributed by atoms with Crippen molar-refractivity contribution in [1.82, 2.24) is 0 Å². The van der Waals surface area contributed by atoms with E-state index in [9.17, 15) is 0 Å². The van der Waals surface area contributed by atoms with E-state index in [1.54, 1.807) is 19.2 Å². The van der Waals surface area contributed by atoms with E-state index < -0.39 is 8.60 Å². The van der Waals surface area contributed by atoms with Crippen molar-refractivity contribution in [3.8, 4) is 28.7 Å². The molecule has 2 aromatic rings. The molecule has 0 amide bonds. The largest absolute Gasteiger partial charge is 0.493 e. The zero-order valence-corrected chi connectivity index (χ0v) is 16.5. The normalized spacial score (nSPS) is 12.0. The minimum atomic E-state index is -2.53. The number of benzene rings is 2. The van der Waals surface area contributed by atoms with Gasteiger partial charge in [-0.15, -0.1) is 0 Å². The molecule has 0 unspecified atom stereocenters. The van der Waals surface area contributed by atoms with Gasteiger partial charge in [-0.1, -0.05) is 32.1 Å². The molecule has 146 valence electrons. The van der Waals surface area contributed by atoms with Gasteiger partial charge in [0, 0.05) is 0 Å². The van der Waals surface area contributed by atoms with Crippen LogP contribution in [0.15, 0.2) is 30.3 Å². The lowest BCUT2D eigenvalue weighted by Gasteiger charge is -2.10. The first kappa shape index (κ1) is 20.8. The summed E-state index contributed by atoms with van der Waals surface area (Å²) in [7, 11) is 0.524. The molecule has 2 aromatic carbocycles. The van der Waals surface area contributed by atoms with Gasteiger partial charge >= 0.3 is 8.60 Å². The lowest BCUT2D eigenvalue weighted by molar-refractivity contribution is 0.171. The molecule has 0 atom stereocenters. The Morgan fingerprint density at radius 1 is 0.889 bits per heavy atom. The van der Waals surface area contributed by atoms with Gasteiger partial charge in [-0.05, 0) is 35.4 Å². The van der Waals surface area contributed by atoms with Crippen LogP contribution in [0.3, 0.4) is 0 Å². The lowest BCUT2D eigenvalue weighted by Crippen LogP contribution is -1.93. The van der Waals surface area contributed by atoms with Gasteiger partial charge in [0.1, 0.15) is 0 Å². The van der Waals surface area contributed by atoms with Crippen molar-refractivity contribution in [3.63, 3.8) is 0 Å². The van der Waals surface area contributed by atoms with Gasteiger partial charge in [-0.3, -0.25) is 0 Å². The number of hydrogen-bond donors (Lipinski definition) is 2. The van der Waals surface area contributed by atoms with E-state index >= 15 is 0 Å². The molecule has 7 nitrogen and oxygen atoms in total. The molecule has 27 heavy (non-hydrogen) atoms. The number of hydrogen-bond acceptors (Lipinski definition) is 7. The number of rotatable bonds is 6. The molecule has 3 rings (SSSR count). The maximum atomic E-state index is 9.06. The highest BCUT2D eigenvalue weighted by Gasteiger charge is 2.19. The van der Waals surface area contributed by atoms with Crippen LogP contribution in [0.25, 0.3) is 12.2 Å². The zero-order valence-electron chi connectivity index (χ0n) is 15.6. The molecular formula is C19H23O7P. The van der Waals surface area contributed by atoms with Gasteiger partial charge in [-0.2, -0.15) is 0 Å². The lowest BCUT2D eigenvalue weighted by atomic mass is 10.1. The van der Waals surface area contributed by atoms with Crippen LogP contribution in [0.1, 0.15) is 25.0 Å². The van der Waals surface area contributed by atoms with E-state index in [0.717, 1.165) is 11.1 Å². The van der Waals surface area contributed by atoms with Gasteiger partial charge < -0.3 is 33.3 Å². The molecule has 2 N–H and O–H groups in total. The minimum absolute atomic E-state index is 0.170. The standard InChI is InChI=1S/C17H17O7P.C2H6/c1-20-13-6-5-11(7-14(13)24-25(18)19)3-4-12-8-15(21-2)17-16(9-12)22-10-23-17;1-2/h3-9,18-19H,10H2,1-2H3;1-2H3/b4-3-;. The molecule has 0 bridgehead atoms. The number of fused-ring (bicyclic) bond motifs is 1. The topological polar surface area (TPSA) is 86.6 Å². The Labute approximate surface area is 159 Å². The Kier molecular flexibility index (Phi) is 7.73. The van der Waals surface area contributed by atoms with Gasteiger partial charge in [0.2, 0.25) is 12.5 Å². The van der Waals surface area contributed by atoms with Gasteiger partial charge in [0.25, 0.3) is 0 Å². The summed E-state index contributed by atoms with van der Waals surface area (Å²) < 4.78 is 26.2. The van der Waals surface area contributed by atoms with Crippen LogP contribution < -0.4 is 23.5 Å². The van der Waals surface area contributed by atoms with Gasteiger partial charge in [0.15, 0.2) is 23.0 Å². The predicted octanol–water partition coefficient (Wildman–Crippen LogP) is 4.22. The van der Waals surface area contributed by atoms with Crippen LogP contribution in [-0.4, -0.2) is 30.8 Å². The van der Waals surface area contributed by atoms with Crippen molar-refractivity contribution in [1.29, 1.82) is 0 Å². The highest BCUT2D eigenvalue weighted by molar-refractivity contribution is 7.39. The molecule has 0 saturated carbocycles. The van der Waals surface area contributed by atoms with Crippen LogP contribution in [0.2, 0.25) is 0 Å². The van der Waals surface area contributed by atoms with E-state index in [4.69, 9.17) is 33.3 Å². The smallest absolute Gasteiger partial charge is 0.391 e. The monoisotopic (exact) mass is 394 g/mol. The molecule has 0 radical (unpaired) electrons. The van der Waals surface area contributed by atoms with Crippen molar-refractivity contribution >= 4 is 20.8 Å². The average Bonchev–Trinajstić information content (AvgIpc) is 3.15. The summed E-state index contributed by atoms with van der Waals surface area (Å²) in [5.74, 6) is 2.49. The molecule has 1 aliphatic heterocycles. The van der Waals surface area contributed by atoms with Gasteiger partial charge in [-0.25, -0.2) is 0 Å². The van der Waals surface area contributed by atoms with Gasteiger partial charge in [0.05, 0.1) is 14.2 Å². The summed E-state index contributed by atoms with van der Waals surface area (Å²) in [5, 5.41) is 0. The van der Waals surface area contributed by atoms with Crippen molar-refractivity contribution in [2.45, 2.75) is 13.8 Å². The van der Waals surface area contributed by atoms with Crippen LogP contribution in [0.5, 0.6) is 28.7 Å². The number of methoxy groups -OCH3 is 2. The molecule has 0 spiro atoms. The molecule has 1 heterocycles. The second-order valence-electron chi connectivity index (χ2n) is 5.04. The molecule has 0 saturated heterocycles. The Morgan fingerprint density at radius 3 is 2.22 bits per heavy atom. The average molecular weight is 394 g/mol. The van der Waals surface area contributed by atoms with Crippen LogP contribution in [0, 0.1) is 0 Å². The third-order valence-corrected chi connectivity index (χ3v) is 3.88. The second kappa shape index (κ2) is 10.0. The van der Waals surface area contributed by atoms with Crippen molar-refractivity contribution in [3.05, 3.63) is 41.5 Å². The summed E-state index contributed by atoms with van der Waals surface area (Å²) in [6.07, 6.45) is 3.72. The summed E-state index contributed by atoms with van der Waals surface area (Å²) in [6, 6.07) is 8.85. The minimum Gasteiger partial charge on any atom is -0.493 e. The van der Waals surface area contributed by atoms with Crippen LogP contribution in [-0.2, 0) is 0 Å². The predicted molar refractivity (Wildman–Crippen MR) is 104 cm³/mol. The van der Waals surface area contributed by atoms with E-state index in [1.165, 1.54) is 7.11 Å². The summed E-state index contributed by atoms with van der Waals surface area (Å²) >= 11 is 0. The first-order valence-corrected chi connectivity index (χ1v) is 9.47. The fourth-order valence-corrected chi connectivity index (χ4v) is 2.71. The van der Waals surface area contributed by atoms with Crippen molar-refractivity contribution in [2.75, 3.05) is 21.0 Å². The maximum absolute atomic E-state index is 9.06. The van der Waals surface area contributed by atoms with E-state index in [0.29, 0.717) is 23.0 Å². The third-order valence-electron chi connectivity index (χ3n) is 3.52. The highest BCUT2D eigenvalue weighted by atomic mass is 31.2. The molecule has 0 aliphatic carbocycles. The highest BCUT2D eigenvalue weighted by Crippen LogP contribution is 2.42. The quantitative estimate of drug-likeness (QED) is 0.560. The fourth-order valence-electron chi connectivity index (χ4n) is 2.39. The van der Waals surface area contributed by atoms with Crippen LogP contribution in [0.4, 0.5) is 0 Å². The first-order chi connectivity index (χ1) is 13.1. The third kappa shape index (κ3) is 5.26. The van der Waals surface area contributed by atoms with Crippen molar-refractivity contribution < 1.29 is 33.3 Å². The summed E-state index contributed by atoms with van der Waals surface area (Å²) in [5.41, 5.74) is 1.66. The summed E-state index contributed by atoms with van der Waals surface area (Å²) in [6.45, 7) is 4.17. The Balaban J connectivity index is 0.00000126. The summed E-state index contributed by atoms with van der Waals surface area (Å²) in [4.78, 5) is 18.1. The molecule has 8 heteroatoms. The first-order valence-electron chi connectivity index (χ1n) is 8.30. The molecule has 1 aliphatic rings. The fraction of sp³-hybridized carbons (Fsp3) is 0.263. The van der Waals surface area contributed by atoms with E-state index in [2.05, 4.69) is 0 Å². The number of ether oxygens (including phenoxy) is 4. The molecular weight excluding hydrogens is 371 g/mol. The van der Waals surface area contributed by atoms with E-state index in [1.807, 2.05) is 44.2 Å². The van der Waals surface area contributed by atoms with E-state index in [-0.39, 0.29) is 12.5 Å². The Morgan fingerprint density at radius 2 is 1.56 bits per heavy atom. The molecule has 0 fully saturated rings. The maximum Gasteiger partial charge on any atom is 0.391 e. The second-order valence-corrected chi connectivity index (χ2v) is 5.73. The SMILES string of the molecule is CC.COc1ccc(/C=C\c2cc(OC)c3c(c2)OCO3)cc1OP(O)O. The molecule has 0 aromatic heterocycles.